The zero-order chi connectivity index (χ0) is 19.7. The van der Waals surface area contributed by atoms with Gasteiger partial charge < -0.3 is 10.4 Å². The molecular formula is C22H34ClNO2S. The number of aryl methyl sites for hydroxylation is 1. The lowest BCUT2D eigenvalue weighted by Gasteiger charge is -2.22. The number of hydrogen-bond donors (Lipinski definition) is 2. The molecule has 0 amide bonds. The Kier molecular flexibility index (Phi) is 11.6. The molecule has 0 bridgehead atoms. The molecule has 1 aromatic heterocycles. The molecule has 0 radical (unpaired) electrons. The van der Waals surface area contributed by atoms with Crippen molar-refractivity contribution in [3.63, 3.8) is 0 Å². The molecular weight excluding hydrogens is 378 g/mol. The molecule has 2 aromatic rings. The van der Waals surface area contributed by atoms with E-state index in [1.54, 1.807) is 6.07 Å². The van der Waals surface area contributed by atoms with Crippen molar-refractivity contribution in [1.82, 2.24) is 5.32 Å². The second kappa shape index (κ2) is 12.2. The van der Waals surface area contributed by atoms with Gasteiger partial charge in [0.1, 0.15) is 5.75 Å². The van der Waals surface area contributed by atoms with Crippen molar-refractivity contribution >= 4 is 29.5 Å². The Morgan fingerprint density at radius 1 is 1.22 bits per heavy atom. The van der Waals surface area contributed by atoms with E-state index < -0.39 is 0 Å². The van der Waals surface area contributed by atoms with Crippen molar-refractivity contribution in [2.75, 3.05) is 13.1 Å². The Labute approximate surface area is 174 Å². The number of halogens is 1. The third-order valence-corrected chi connectivity index (χ3v) is 4.94. The normalized spacial score (nSPS) is 10.6. The monoisotopic (exact) mass is 411 g/mol. The zero-order valence-electron chi connectivity index (χ0n) is 17.4. The maximum atomic E-state index is 12.4. The summed E-state index contributed by atoms with van der Waals surface area (Å²) in [4.78, 5) is 13.1. The number of ketones is 1. The molecule has 0 aliphatic heterocycles. The minimum Gasteiger partial charge on any atom is -0.507 e. The van der Waals surface area contributed by atoms with Crippen molar-refractivity contribution in [1.29, 1.82) is 0 Å². The predicted octanol–water partition coefficient (Wildman–Crippen LogP) is 6.11. The van der Waals surface area contributed by atoms with Crippen molar-refractivity contribution in [3.05, 3.63) is 51.2 Å². The molecule has 1 heterocycles. The first-order valence-corrected chi connectivity index (χ1v) is 10.2. The average molecular weight is 412 g/mol. The lowest BCUT2D eigenvalue weighted by molar-refractivity contribution is 0.104. The summed E-state index contributed by atoms with van der Waals surface area (Å²) < 4.78 is 0. The molecule has 0 aliphatic carbocycles. The van der Waals surface area contributed by atoms with E-state index in [0.717, 1.165) is 22.5 Å². The van der Waals surface area contributed by atoms with Gasteiger partial charge in [0.25, 0.3) is 0 Å². The van der Waals surface area contributed by atoms with Gasteiger partial charge in [0, 0.05) is 11.1 Å². The second-order valence-electron chi connectivity index (χ2n) is 7.45. The van der Waals surface area contributed by atoms with Crippen LogP contribution in [0.2, 0.25) is 0 Å². The SMILES string of the molecule is CCCCNCC.Cc1cc(C(=O)c2cccs2)cc(C(C)(C)C)c1O.Cl. The minimum atomic E-state index is -0.194. The highest BCUT2D eigenvalue weighted by atomic mass is 35.5. The maximum Gasteiger partial charge on any atom is 0.202 e. The van der Waals surface area contributed by atoms with Gasteiger partial charge in [0.15, 0.2) is 0 Å². The maximum absolute atomic E-state index is 12.4. The molecule has 5 heteroatoms. The number of carbonyl (C=O) groups is 1. The van der Waals surface area contributed by atoms with Crippen LogP contribution in [0.1, 0.15) is 73.8 Å². The summed E-state index contributed by atoms with van der Waals surface area (Å²) in [7, 11) is 0. The Morgan fingerprint density at radius 3 is 2.37 bits per heavy atom. The first kappa shape index (κ1) is 25.6. The number of nitrogens with one attached hydrogen (secondary N) is 1. The topological polar surface area (TPSA) is 49.3 Å². The van der Waals surface area contributed by atoms with Gasteiger partial charge in [0.2, 0.25) is 5.78 Å². The Bertz CT molecular complexity index is 687. The molecule has 0 fully saturated rings. The number of phenols is 1. The highest BCUT2D eigenvalue weighted by Gasteiger charge is 2.22. The van der Waals surface area contributed by atoms with Crippen LogP contribution in [0.3, 0.4) is 0 Å². The molecule has 1 aromatic carbocycles. The van der Waals surface area contributed by atoms with Crippen LogP contribution in [0.25, 0.3) is 0 Å². The van der Waals surface area contributed by atoms with Crippen molar-refractivity contribution < 1.29 is 9.90 Å². The quantitative estimate of drug-likeness (QED) is 0.445. The van der Waals surface area contributed by atoms with Crippen LogP contribution in [-0.4, -0.2) is 24.0 Å². The fraction of sp³-hybridized carbons (Fsp3) is 0.500. The molecule has 27 heavy (non-hydrogen) atoms. The van der Waals surface area contributed by atoms with Crippen LogP contribution in [0.15, 0.2) is 29.6 Å². The summed E-state index contributed by atoms with van der Waals surface area (Å²) in [5.41, 5.74) is 2.00. The highest BCUT2D eigenvalue weighted by molar-refractivity contribution is 7.12. The van der Waals surface area contributed by atoms with E-state index in [9.17, 15) is 9.90 Å². The largest absolute Gasteiger partial charge is 0.507 e. The van der Waals surface area contributed by atoms with Gasteiger partial charge in [0.05, 0.1) is 4.88 Å². The van der Waals surface area contributed by atoms with E-state index in [2.05, 4.69) is 19.2 Å². The fourth-order valence-electron chi connectivity index (χ4n) is 2.51. The van der Waals surface area contributed by atoms with Gasteiger partial charge in [-0.2, -0.15) is 0 Å². The van der Waals surface area contributed by atoms with E-state index in [1.165, 1.54) is 30.7 Å². The van der Waals surface area contributed by atoms with Crippen molar-refractivity contribution in [2.45, 2.75) is 59.8 Å². The molecule has 2 N–H and O–H groups in total. The molecule has 2 rings (SSSR count). The number of unbranched alkanes of at least 4 members (excludes halogenated alkanes) is 1. The minimum absolute atomic E-state index is 0. The third-order valence-electron chi connectivity index (χ3n) is 4.07. The predicted molar refractivity (Wildman–Crippen MR) is 120 cm³/mol. The third kappa shape index (κ3) is 8.04. The first-order chi connectivity index (χ1) is 12.2. The molecule has 0 unspecified atom stereocenters. The van der Waals surface area contributed by atoms with Crippen molar-refractivity contribution in [3.8, 4) is 5.75 Å². The lowest BCUT2D eigenvalue weighted by atomic mass is 9.83. The number of carbonyl (C=O) groups excluding carboxylic acids is 1. The molecule has 0 aliphatic rings. The van der Waals surface area contributed by atoms with E-state index in [4.69, 9.17) is 0 Å². The van der Waals surface area contributed by atoms with E-state index in [-0.39, 0.29) is 29.4 Å². The summed E-state index contributed by atoms with van der Waals surface area (Å²) in [6, 6.07) is 7.26. The summed E-state index contributed by atoms with van der Waals surface area (Å²) in [5, 5.41) is 15.3. The van der Waals surface area contributed by atoms with E-state index >= 15 is 0 Å². The molecule has 0 spiro atoms. The van der Waals surface area contributed by atoms with Crippen LogP contribution in [0.5, 0.6) is 5.75 Å². The van der Waals surface area contributed by atoms with E-state index in [1.807, 2.05) is 51.3 Å². The summed E-state index contributed by atoms with van der Waals surface area (Å²) in [5.74, 6) is 0.304. The van der Waals surface area contributed by atoms with Crippen LogP contribution < -0.4 is 5.32 Å². The van der Waals surface area contributed by atoms with Crippen LogP contribution in [0.4, 0.5) is 0 Å². The summed E-state index contributed by atoms with van der Waals surface area (Å²) in [6.45, 7) is 14.6. The summed E-state index contributed by atoms with van der Waals surface area (Å²) in [6.07, 6.45) is 2.61. The molecule has 3 nitrogen and oxygen atoms in total. The number of rotatable bonds is 6. The van der Waals surface area contributed by atoms with Gasteiger partial charge in [-0.3, -0.25) is 4.79 Å². The van der Waals surface area contributed by atoms with E-state index in [0.29, 0.717) is 5.56 Å². The number of benzene rings is 1. The first-order valence-electron chi connectivity index (χ1n) is 9.35. The average Bonchev–Trinajstić information content (AvgIpc) is 3.11. The number of phenolic OH excluding ortho intramolecular Hbond substituents is 1. The number of hydrogen-bond acceptors (Lipinski definition) is 4. The van der Waals surface area contributed by atoms with Crippen LogP contribution in [0, 0.1) is 6.92 Å². The fourth-order valence-corrected chi connectivity index (χ4v) is 3.20. The molecule has 0 saturated heterocycles. The van der Waals surface area contributed by atoms with Gasteiger partial charge in [-0.15, -0.1) is 23.7 Å². The molecule has 0 atom stereocenters. The zero-order valence-corrected chi connectivity index (χ0v) is 19.0. The molecule has 0 saturated carbocycles. The number of thiophene rings is 1. The lowest BCUT2D eigenvalue weighted by Crippen LogP contribution is -2.13. The Morgan fingerprint density at radius 2 is 1.89 bits per heavy atom. The summed E-state index contributed by atoms with van der Waals surface area (Å²) >= 11 is 1.44. The van der Waals surface area contributed by atoms with Gasteiger partial charge in [-0.1, -0.05) is 47.1 Å². The van der Waals surface area contributed by atoms with Gasteiger partial charge in [-0.05, 0) is 61.0 Å². The Balaban J connectivity index is 0.000000728. The highest BCUT2D eigenvalue weighted by Crippen LogP contribution is 2.34. The van der Waals surface area contributed by atoms with Crippen LogP contribution >= 0.6 is 23.7 Å². The smallest absolute Gasteiger partial charge is 0.202 e. The van der Waals surface area contributed by atoms with Crippen molar-refractivity contribution in [2.24, 2.45) is 0 Å². The van der Waals surface area contributed by atoms with Gasteiger partial charge >= 0.3 is 0 Å². The standard InChI is InChI=1S/C16H18O2S.C6H15N.ClH/c1-10-8-11(15(18)13-6-5-7-19-13)9-12(14(10)17)16(2,3)4;1-3-5-6-7-4-2;/h5-9,17H,1-4H3;7H,3-6H2,1-2H3;1H. The van der Waals surface area contributed by atoms with Gasteiger partial charge in [-0.25, -0.2) is 0 Å². The second-order valence-corrected chi connectivity index (χ2v) is 8.40. The molecule has 152 valence electrons. The number of aromatic hydroxyl groups is 1. The van der Waals surface area contributed by atoms with Crippen LogP contribution in [-0.2, 0) is 5.41 Å². The Hall–Kier alpha value is -1.36.